The van der Waals surface area contributed by atoms with E-state index >= 15 is 0 Å². The summed E-state index contributed by atoms with van der Waals surface area (Å²) >= 11 is 0. The number of hydrogen-bond acceptors (Lipinski definition) is 1. The van der Waals surface area contributed by atoms with Gasteiger partial charge in [-0.1, -0.05) is 60.7 Å². The lowest BCUT2D eigenvalue weighted by molar-refractivity contribution is -0.922. The summed E-state index contributed by atoms with van der Waals surface area (Å²) < 4.78 is 0. The second-order valence-electron chi connectivity index (χ2n) is 6.90. The molecule has 0 spiro atoms. The summed E-state index contributed by atoms with van der Waals surface area (Å²) in [6, 6.07) is 20.5. The van der Waals surface area contributed by atoms with Gasteiger partial charge in [0, 0.05) is 18.8 Å². The first-order chi connectivity index (χ1) is 10.8. The third-order valence-corrected chi connectivity index (χ3v) is 5.78. The van der Waals surface area contributed by atoms with E-state index in [0.29, 0.717) is 11.8 Å². The van der Waals surface area contributed by atoms with Gasteiger partial charge in [0.1, 0.15) is 5.60 Å². The Morgan fingerprint density at radius 1 is 0.818 bits per heavy atom. The van der Waals surface area contributed by atoms with Gasteiger partial charge in [0.05, 0.1) is 19.6 Å². The Kier molecular flexibility index (Phi) is 3.51. The first-order valence-corrected chi connectivity index (χ1v) is 8.45. The van der Waals surface area contributed by atoms with Gasteiger partial charge in [-0.3, -0.25) is 0 Å². The van der Waals surface area contributed by atoms with Crippen LogP contribution in [0.5, 0.6) is 0 Å². The van der Waals surface area contributed by atoms with Crippen molar-refractivity contribution in [1.29, 1.82) is 0 Å². The summed E-state index contributed by atoms with van der Waals surface area (Å²) in [6.45, 7) is 3.65. The van der Waals surface area contributed by atoms with Crippen LogP contribution in [0.3, 0.4) is 0 Å². The highest BCUT2D eigenvalue weighted by atomic mass is 16.3. The molecule has 2 nitrogen and oxygen atoms in total. The zero-order valence-electron chi connectivity index (χ0n) is 12.9. The van der Waals surface area contributed by atoms with Gasteiger partial charge in [0.2, 0.25) is 0 Å². The fourth-order valence-corrected chi connectivity index (χ4v) is 4.60. The van der Waals surface area contributed by atoms with Gasteiger partial charge in [0.15, 0.2) is 0 Å². The second-order valence-corrected chi connectivity index (χ2v) is 6.90. The van der Waals surface area contributed by atoms with E-state index in [1.165, 1.54) is 25.9 Å². The van der Waals surface area contributed by atoms with Crippen molar-refractivity contribution in [2.24, 2.45) is 11.8 Å². The summed E-state index contributed by atoms with van der Waals surface area (Å²) in [5, 5.41) is 11.9. The lowest BCUT2D eigenvalue weighted by Gasteiger charge is -2.49. The Labute approximate surface area is 132 Å². The number of benzene rings is 2. The molecule has 3 aliphatic heterocycles. The van der Waals surface area contributed by atoms with E-state index in [1.54, 1.807) is 4.90 Å². The third-order valence-electron chi connectivity index (χ3n) is 5.78. The molecule has 2 heteroatoms. The normalized spacial score (nSPS) is 27.8. The van der Waals surface area contributed by atoms with Gasteiger partial charge < -0.3 is 10.0 Å². The summed E-state index contributed by atoms with van der Waals surface area (Å²) in [6.07, 6.45) is 2.50. The number of nitrogens with one attached hydrogen (secondary N) is 1. The van der Waals surface area contributed by atoms with Crippen molar-refractivity contribution in [2.75, 3.05) is 19.6 Å². The van der Waals surface area contributed by atoms with Crippen LogP contribution in [0.4, 0.5) is 0 Å². The Morgan fingerprint density at radius 3 is 1.73 bits per heavy atom. The maximum atomic E-state index is 11.9. The molecule has 1 atom stereocenters. The maximum Gasteiger partial charge on any atom is 0.123 e. The molecule has 0 unspecified atom stereocenters. The molecule has 0 radical (unpaired) electrons. The molecule has 2 aromatic carbocycles. The Bertz CT molecular complexity index is 577. The monoisotopic (exact) mass is 294 g/mol. The summed E-state index contributed by atoms with van der Waals surface area (Å²) in [7, 11) is 0. The fraction of sp³-hybridized carbons (Fsp3) is 0.400. The highest BCUT2D eigenvalue weighted by molar-refractivity contribution is 5.37. The van der Waals surface area contributed by atoms with Crippen LogP contribution < -0.4 is 4.90 Å². The molecule has 2 aromatic rings. The lowest BCUT2D eigenvalue weighted by atomic mass is 9.65. The van der Waals surface area contributed by atoms with Crippen molar-refractivity contribution < 1.29 is 10.0 Å². The molecule has 3 saturated heterocycles. The molecule has 0 aromatic heterocycles. The van der Waals surface area contributed by atoms with Gasteiger partial charge in [-0.25, -0.2) is 0 Å². The quantitative estimate of drug-likeness (QED) is 0.887. The molecule has 0 aliphatic carbocycles. The van der Waals surface area contributed by atoms with Crippen LogP contribution >= 0.6 is 0 Å². The zero-order chi connectivity index (χ0) is 15.0. The van der Waals surface area contributed by atoms with Crippen LogP contribution in [0, 0.1) is 11.8 Å². The highest BCUT2D eigenvalue weighted by Gasteiger charge is 2.50. The number of aliphatic hydroxyl groups is 1. The molecular weight excluding hydrogens is 270 g/mol. The molecule has 114 valence electrons. The van der Waals surface area contributed by atoms with Gasteiger partial charge in [0.25, 0.3) is 0 Å². The van der Waals surface area contributed by atoms with Crippen molar-refractivity contribution in [3.63, 3.8) is 0 Å². The van der Waals surface area contributed by atoms with Crippen molar-refractivity contribution in [3.05, 3.63) is 71.8 Å². The smallest absolute Gasteiger partial charge is 0.123 e. The summed E-state index contributed by atoms with van der Waals surface area (Å²) in [4.78, 5) is 1.66. The minimum atomic E-state index is -0.862. The van der Waals surface area contributed by atoms with Crippen LogP contribution in [0.15, 0.2) is 60.7 Å². The Balaban J connectivity index is 1.82. The fourth-order valence-electron chi connectivity index (χ4n) is 4.60. The van der Waals surface area contributed by atoms with Crippen molar-refractivity contribution in [2.45, 2.75) is 18.4 Å². The van der Waals surface area contributed by atoms with E-state index in [1.807, 2.05) is 36.4 Å². The average molecular weight is 294 g/mol. The molecule has 3 heterocycles. The van der Waals surface area contributed by atoms with E-state index in [9.17, 15) is 5.11 Å². The molecule has 5 rings (SSSR count). The van der Waals surface area contributed by atoms with Crippen LogP contribution in [0.2, 0.25) is 0 Å². The van der Waals surface area contributed by atoms with E-state index in [-0.39, 0.29) is 0 Å². The Hall–Kier alpha value is -1.64. The maximum absolute atomic E-state index is 11.9. The summed E-state index contributed by atoms with van der Waals surface area (Å²) in [5.41, 5.74) is 1.22. The molecule has 2 N–H and O–H groups in total. The van der Waals surface area contributed by atoms with Crippen molar-refractivity contribution in [3.8, 4) is 0 Å². The molecule has 3 aliphatic rings. The molecular formula is C20H24NO+. The van der Waals surface area contributed by atoms with Crippen molar-refractivity contribution >= 4 is 0 Å². The largest absolute Gasteiger partial charge is 0.380 e. The number of rotatable bonds is 3. The molecule has 2 bridgehead atoms. The first kappa shape index (κ1) is 14.0. The van der Waals surface area contributed by atoms with Gasteiger partial charge >= 0.3 is 0 Å². The van der Waals surface area contributed by atoms with Gasteiger partial charge in [-0.15, -0.1) is 0 Å². The molecule has 0 amide bonds. The van der Waals surface area contributed by atoms with Gasteiger partial charge in [-0.2, -0.15) is 0 Å². The number of piperidine rings is 3. The summed E-state index contributed by atoms with van der Waals surface area (Å²) in [5.74, 6) is 0.956. The predicted octanol–water partition coefficient (Wildman–Crippen LogP) is 1.85. The second kappa shape index (κ2) is 5.53. The minimum Gasteiger partial charge on any atom is -0.380 e. The van der Waals surface area contributed by atoms with E-state index in [0.717, 1.165) is 17.7 Å². The van der Waals surface area contributed by atoms with E-state index in [4.69, 9.17) is 0 Å². The van der Waals surface area contributed by atoms with Gasteiger partial charge in [-0.05, 0) is 17.0 Å². The molecule has 22 heavy (non-hydrogen) atoms. The number of hydrogen-bond donors (Lipinski definition) is 2. The first-order valence-electron chi connectivity index (χ1n) is 8.45. The van der Waals surface area contributed by atoms with E-state index in [2.05, 4.69) is 24.3 Å². The third kappa shape index (κ3) is 2.18. The Morgan fingerprint density at radius 2 is 1.32 bits per heavy atom. The number of fused-ring (bicyclic) bond motifs is 3. The van der Waals surface area contributed by atoms with Crippen molar-refractivity contribution in [1.82, 2.24) is 0 Å². The van der Waals surface area contributed by atoms with E-state index < -0.39 is 5.60 Å². The zero-order valence-corrected chi connectivity index (χ0v) is 12.9. The standard InChI is InChI=1S/C20H23NO/c22-20(17-7-3-1-4-8-17,18-9-5-2-6-10-18)19-15-21-13-11-16(19)12-14-21/h1-10,16,19,22H,11-15H2/p+1/t19-/m0/s1. The SMILES string of the molecule is OC(c1ccccc1)(c1ccccc1)[C@H]1C[NH+]2CCC1CC2. The van der Waals surface area contributed by atoms with Crippen LogP contribution in [-0.2, 0) is 5.60 Å². The van der Waals surface area contributed by atoms with Crippen LogP contribution in [-0.4, -0.2) is 24.7 Å². The lowest BCUT2D eigenvalue weighted by Crippen LogP contribution is -3.16. The average Bonchev–Trinajstić information content (AvgIpc) is 2.63. The minimum absolute atomic E-state index is 0.315. The molecule has 3 fully saturated rings. The number of quaternary nitrogens is 1. The topological polar surface area (TPSA) is 24.7 Å². The molecule has 0 saturated carbocycles. The highest BCUT2D eigenvalue weighted by Crippen LogP contribution is 2.43. The van der Waals surface area contributed by atoms with Crippen LogP contribution in [0.1, 0.15) is 24.0 Å². The predicted molar refractivity (Wildman–Crippen MR) is 87.7 cm³/mol. The van der Waals surface area contributed by atoms with Crippen LogP contribution in [0.25, 0.3) is 0 Å².